The second kappa shape index (κ2) is 7.86. The highest BCUT2D eigenvalue weighted by atomic mass is 16.5. The predicted octanol–water partition coefficient (Wildman–Crippen LogP) is 5.94. The van der Waals surface area contributed by atoms with Crippen LogP contribution >= 0.6 is 0 Å². The fourth-order valence-electron chi connectivity index (χ4n) is 4.12. The highest BCUT2D eigenvalue weighted by molar-refractivity contribution is 5.57. The van der Waals surface area contributed by atoms with E-state index in [0.29, 0.717) is 18.8 Å². The van der Waals surface area contributed by atoms with Crippen LogP contribution in [0.2, 0.25) is 0 Å². The standard InChI is InChI=1S/C25H28O4/c1-15(2)5-4-6-16(3)7-9-19-22(27)12-11-18-21-14-28-23-13-17(26)8-10-20(23)25(21)29-24(18)19/h5,7-8,10-13,21,25-27H,4,6,9,14H2,1-3H3/b16-7+/t21-,25-/m0/s1. The molecule has 0 spiro atoms. The molecule has 0 saturated carbocycles. The molecule has 0 aliphatic carbocycles. The predicted molar refractivity (Wildman–Crippen MR) is 114 cm³/mol. The SMILES string of the molecule is CC(C)=CCC/C(C)=C/Cc1c(O)ccc2c1O[C@H]1c3ccc(O)cc3OC[C@@H]21. The molecule has 4 heteroatoms. The minimum absolute atomic E-state index is 0.0872. The molecule has 0 unspecified atom stereocenters. The van der Waals surface area contributed by atoms with Gasteiger partial charge in [0, 0.05) is 22.8 Å². The molecule has 2 aliphatic heterocycles. The molecule has 29 heavy (non-hydrogen) atoms. The van der Waals surface area contributed by atoms with E-state index in [0.717, 1.165) is 35.3 Å². The zero-order valence-electron chi connectivity index (χ0n) is 17.2. The lowest BCUT2D eigenvalue weighted by molar-refractivity contribution is 0.138. The van der Waals surface area contributed by atoms with Crippen LogP contribution in [0.4, 0.5) is 0 Å². The first-order valence-corrected chi connectivity index (χ1v) is 10.2. The number of hydrogen-bond acceptors (Lipinski definition) is 4. The summed E-state index contributed by atoms with van der Waals surface area (Å²) >= 11 is 0. The van der Waals surface area contributed by atoms with Crippen molar-refractivity contribution in [1.29, 1.82) is 0 Å². The third-order valence-electron chi connectivity index (χ3n) is 5.74. The van der Waals surface area contributed by atoms with Crippen LogP contribution in [0, 0.1) is 0 Å². The number of phenols is 2. The topological polar surface area (TPSA) is 58.9 Å². The normalized spacial score (nSPS) is 19.5. The van der Waals surface area contributed by atoms with Crippen LogP contribution in [0.3, 0.4) is 0 Å². The molecular formula is C25H28O4. The Morgan fingerprint density at radius 1 is 1.07 bits per heavy atom. The van der Waals surface area contributed by atoms with Crippen molar-refractivity contribution < 1.29 is 19.7 Å². The third kappa shape index (κ3) is 3.84. The highest BCUT2D eigenvalue weighted by Gasteiger charge is 2.42. The lowest BCUT2D eigenvalue weighted by Crippen LogP contribution is -2.22. The number of allylic oxidation sites excluding steroid dienone is 4. The summed E-state index contributed by atoms with van der Waals surface area (Å²) in [7, 11) is 0. The van der Waals surface area contributed by atoms with Gasteiger partial charge < -0.3 is 19.7 Å². The Kier molecular flexibility index (Phi) is 5.27. The number of benzene rings is 2. The summed E-state index contributed by atoms with van der Waals surface area (Å²) in [6.45, 7) is 6.86. The van der Waals surface area contributed by atoms with Gasteiger partial charge >= 0.3 is 0 Å². The van der Waals surface area contributed by atoms with Crippen LogP contribution < -0.4 is 9.47 Å². The monoisotopic (exact) mass is 392 g/mol. The van der Waals surface area contributed by atoms with E-state index in [1.165, 1.54) is 11.1 Å². The summed E-state index contributed by atoms with van der Waals surface area (Å²) in [5.41, 5.74) is 5.49. The van der Waals surface area contributed by atoms with Gasteiger partial charge in [-0.05, 0) is 58.2 Å². The average Bonchev–Trinajstić information content (AvgIpc) is 3.05. The van der Waals surface area contributed by atoms with Crippen molar-refractivity contribution in [2.75, 3.05) is 6.61 Å². The minimum atomic E-state index is -0.155. The Morgan fingerprint density at radius 2 is 1.86 bits per heavy atom. The van der Waals surface area contributed by atoms with Gasteiger partial charge in [0.2, 0.25) is 0 Å². The maximum absolute atomic E-state index is 10.5. The van der Waals surface area contributed by atoms with Crippen molar-refractivity contribution in [3.05, 3.63) is 70.3 Å². The zero-order chi connectivity index (χ0) is 20.5. The van der Waals surface area contributed by atoms with Gasteiger partial charge in [-0.1, -0.05) is 29.4 Å². The molecule has 4 nitrogen and oxygen atoms in total. The van der Waals surface area contributed by atoms with E-state index < -0.39 is 0 Å². The van der Waals surface area contributed by atoms with Crippen molar-refractivity contribution in [2.45, 2.75) is 52.1 Å². The first kappa shape index (κ1) is 19.4. The molecule has 2 aliphatic rings. The fourth-order valence-corrected chi connectivity index (χ4v) is 4.12. The fraction of sp³-hybridized carbons (Fsp3) is 0.360. The molecule has 0 aromatic heterocycles. The van der Waals surface area contributed by atoms with Crippen LogP contribution in [-0.4, -0.2) is 16.8 Å². The van der Waals surface area contributed by atoms with E-state index in [9.17, 15) is 10.2 Å². The number of ether oxygens (including phenoxy) is 2. The molecule has 0 bridgehead atoms. The Morgan fingerprint density at radius 3 is 2.66 bits per heavy atom. The summed E-state index contributed by atoms with van der Waals surface area (Å²) in [6.07, 6.45) is 6.96. The molecule has 2 aromatic rings. The van der Waals surface area contributed by atoms with Crippen molar-refractivity contribution in [3.8, 4) is 23.0 Å². The molecule has 2 aromatic carbocycles. The number of fused-ring (bicyclic) bond motifs is 5. The van der Waals surface area contributed by atoms with E-state index in [1.54, 1.807) is 18.2 Å². The number of rotatable bonds is 5. The van der Waals surface area contributed by atoms with Gasteiger partial charge in [0.05, 0.1) is 12.5 Å². The summed E-state index contributed by atoms with van der Waals surface area (Å²) < 4.78 is 12.3. The maximum Gasteiger partial charge on any atom is 0.138 e. The molecular weight excluding hydrogens is 364 g/mol. The van der Waals surface area contributed by atoms with Crippen molar-refractivity contribution in [1.82, 2.24) is 0 Å². The Balaban J connectivity index is 1.59. The van der Waals surface area contributed by atoms with Crippen molar-refractivity contribution in [2.24, 2.45) is 0 Å². The molecule has 0 radical (unpaired) electrons. The highest BCUT2D eigenvalue weighted by Crippen LogP contribution is 2.53. The summed E-state index contributed by atoms with van der Waals surface area (Å²) in [5.74, 6) is 1.98. The number of phenolic OH excluding ortho intramolecular Hbond substituents is 2. The van der Waals surface area contributed by atoms with Gasteiger partial charge in [-0.2, -0.15) is 0 Å². The number of hydrogen-bond donors (Lipinski definition) is 2. The van der Waals surface area contributed by atoms with E-state index in [4.69, 9.17) is 9.47 Å². The van der Waals surface area contributed by atoms with E-state index in [1.807, 2.05) is 12.1 Å². The molecule has 0 saturated heterocycles. The average molecular weight is 392 g/mol. The van der Waals surface area contributed by atoms with Gasteiger partial charge in [0.15, 0.2) is 0 Å². The van der Waals surface area contributed by atoms with Gasteiger partial charge in [-0.3, -0.25) is 0 Å². The Hall–Kier alpha value is -2.88. The van der Waals surface area contributed by atoms with Crippen LogP contribution in [-0.2, 0) is 6.42 Å². The van der Waals surface area contributed by atoms with Crippen LogP contribution in [0.25, 0.3) is 0 Å². The molecule has 152 valence electrons. The second-order valence-electron chi connectivity index (χ2n) is 8.23. The van der Waals surface area contributed by atoms with Crippen molar-refractivity contribution in [3.63, 3.8) is 0 Å². The largest absolute Gasteiger partial charge is 0.508 e. The maximum atomic E-state index is 10.5. The van der Waals surface area contributed by atoms with E-state index in [-0.39, 0.29) is 23.5 Å². The zero-order valence-corrected chi connectivity index (χ0v) is 17.2. The van der Waals surface area contributed by atoms with Gasteiger partial charge in [0.1, 0.15) is 29.1 Å². The first-order chi connectivity index (χ1) is 13.9. The van der Waals surface area contributed by atoms with Crippen LogP contribution in [0.1, 0.15) is 62.3 Å². The molecule has 0 amide bonds. The summed E-state index contributed by atoms with van der Waals surface area (Å²) in [4.78, 5) is 0. The van der Waals surface area contributed by atoms with Gasteiger partial charge in [0.25, 0.3) is 0 Å². The molecule has 4 rings (SSSR count). The lowest BCUT2D eigenvalue weighted by Gasteiger charge is -2.27. The Labute approximate surface area is 172 Å². The minimum Gasteiger partial charge on any atom is -0.508 e. The molecule has 2 N–H and O–H groups in total. The van der Waals surface area contributed by atoms with Gasteiger partial charge in [-0.15, -0.1) is 0 Å². The quantitative estimate of drug-likeness (QED) is 0.618. The summed E-state index contributed by atoms with van der Waals surface area (Å²) in [6, 6.07) is 8.86. The summed E-state index contributed by atoms with van der Waals surface area (Å²) in [5, 5.41) is 20.3. The third-order valence-corrected chi connectivity index (χ3v) is 5.74. The molecule has 2 atom stereocenters. The van der Waals surface area contributed by atoms with E-state index in [2.05, 4.69) is 32.9 Å². The smallest absolute Gasteiger partial charge is 0.138 e. The molecule has 2 heterocycles. The van der Waals surface area contributed by atoms with Crippen molar-refractivity contribution >= 4 is 0 Å². The first-order valence-electron chi connectivity index (χ1n) is 10.2. The van der Waals surface area contributed by atoms with Crippen LogP contribution in [0.5, 0.6) is 23.0 Å². The lowest BCUT2D eigenvalue weighted by atomic mass is 9.88. The van der Waals surface area contributed by atoms with Gasteiger partial charge in [-0.25, -0.2) is 0 Å². The molecule has 0 fully saturated rings. The Bertz CT molecular complexity index is 983. The van der Waals surface area contributed by atoms with Crippen LogP contribution in [0.15, 0.2) is 53.6 Å². The van der Waals surface area contributed by atoms with E-state index >= 15 is 0 Å². The second-order valence-corrected chi connectivity index (χ2v) is 8.23. The number of aromatic hydroxyl groups is 2.